The number of benzene rings is 1. The molecule has 1 aromatic carbocycles. The normalized spacial score (nSPS) is 9.95. The Bertz CT molecular complexity index is 603. The lowest BCUT2D eigenvalue weighted by Crippen LogP contribution is -1.98. The van der Waals surface area contributed by atoms with Crippen molar-refractivity contribution in [1.29, 1.82) is 0 Å². The van der Waals surface area contributed by atoms with Gasteiger partial charge in [0.1, 0.15) is 5.69 Å². The second-order valence-corrected chi connectivity index (χ2v) is 3.84. The van der Waals surface area contributed by atoms with Crippen LogP contribution in [0.1, 0.15) is 10.5 Å². The van der Waals surface area contributed by atoms with Gasteiger partial charge >= 0.3 is 0 Å². The van der Waals surface area contributed by atoms with Crippen LogP contribution in [0.2, 0.25) is 0 Å². The summed E-state index contributed by atoms with van der Waals surface area (Å²) in [6, 6.07) is 4.99. The van der Waals surface area contributed by atoms with Crippen LogP contribution >= 0.6 is 0 Å². The molecular weight excluding hydrogens is 260 g/mol. The average Bonchev–Trinajstić information content (AvgIpc) is 2.53. The summed E-state index contributed by atoms with van der Waals surface area (Å²) in [7, 11) is 4.59. The predicted molar refractivity (Wildman–Crippen MR) is 72.5 cm³/mol. The summed E-state index contributed by atoms with van der Waals surface area (Å²) in [4.78, 5) is 19.1. The smallest absolute Gasteiger partial charge is 0.203 e. The minimum atomic E-state index is 0.309. The van der Waals surface area contributed by atoms with Crippen LogP contribution in [0, 0.1) is 0 Å². The van der Waals surface area contributed by atoms with Gasteiger partial charge in [-0.15, -0.1) is 0 Å². The van der Waals surface area contributed by atoms with Crippen molar-refractivity contribution in [2.45, 2.75) is 0 Å². The van der Waals surface area contributed by atoms with Crippen LogP contribution in [-0.4, -0.2) is 37.6 Å². The number of aromatic nitrogens is 2. The molecule has 104 valence electrons. The first kappa shape index (κ1) is 13.8. The lowest BCUT2D eigenvalue weighted by Gasteiger charge is -2.13. The van der Waals surface area contributed by atoms with Gasteiger partial charge in [-0.1, -0.05) is 0 Å². The molecule has 0 saturated heterocycles. The van der Waals surface area contributed by atoms with E-state index in [1.54, 1.807) is 12.1 Å². The fourth-order valence-corrected chi connectivity index (χ4v) is 1.79. The first-order valence-corrected chi connectivity index (χ1v) is 5.82. The van der Waals surface area contributed by atoms with Crippen molar-refractivity contribution in [2.75, 3.05) is 21.3 Å². The highest BCUT2D eigenvalue weighted by molar-refractivity contribution is 5.73. The third kappa shape index (κ3) is 2.54. The second kappa shape index (κ2) is 6.01. The number of ether oxygens (including phenoxy) is 3. The molecule has 2 aromatic rings. The molecule has 0 unspecified atom stereocenters. The van der Waals surface area contributed by atoms with Crippen LogP contribution in [0.4, 0.5) is 0 Å². The first-order valence-electron chi connectivity index (χ1n) is 5.82. The van der Waals surface area contributed by atoms with Gasteiger partial charge in [-0.05, 0) is 18.2 Å². The molecule has 0 saturated carbocycles. The van der Waals surface area contributed by atoms with Crippen molar-refractivity contribution in [3.63, 3.8) is 0 Å². The number of carbonyl (C=O) groups is 1. The van der Waals surface area contributed by atoms with Crippen LogP contribution in [0.3, 0.4) is 0 Å². The molecule has 6 nitrogen and oxygen atoms in total. The van der Waals surface area contributed by atoms with E-state index in [2.05, 4.69) is 9.97 Å². The van der Waals surface area contributed by atoms with E-state index in [-0.39, 0.29) is 0 Å². The molecule has 0 radical (unpaired) electrons. The Kier molecular flexibility index (Phi) is 4.14. The van der Waals surface area contributed by atoms with E-state index in [0.29, 0.717) is 40.6 Å². The molecule has 0 spiro atoms. The fourth-order valence-electron chi connectivity index (χ4n) is 1.79. The Morgan fingerprint density at radius 2 is 1.70 bits per heavy atom. The summed E-state index contributed by atoms with van der Waals surface area (Å²) in [5, 5.41) is 0. The third-order valence-electron chi connectivity index (χ3n) is 2.72. The molecule has 0 N–H and O–H groups in total. The summed E-state index contributed by atoms with van der Waals surface area (Å²) in [5.74, 6) is 1.91. The molecule has 20 heavy (non-hydrogen) atoms. The highest BCUT2D eigenvalue weighted by Crippen LogP contribution is 2.40. The number of methoxy groups -OCH3 is 3. The van der Waals surface area contributed by atoms with Crippen molar-refractivity contribution in [3.05, 3.63) is 30.1 Å². The molecule has 0 atom stereocenters. The molecule has 0 amide bonds. The van der Waals surface area contributed by atoms with Gasteiger partial charge in [-0.2, -0.15) is 0 Å². The van der Waals surface area contributed by atoms with E-state index < -0.39 is 0 Å². The first-order chi connectivity index (χ1) is 9.73. The molecular formula is C14H14N2O4. The van der Waals surface area contributed by atoms with Gasteiger partial charge in [-0.25, -0.2) is 9.97 Å². The third-order valence-corrected chi connectivity index (χ3v) is 2.72. The Morgan fingerprint density at radius 3 is 2.20 bits per heavy atom. The standard InChI is InChI=1S/C14H14N2O4/c1-18-11-6-9(7-12(19-2)13(11)20-3)14-15-5-4-10(8-17)16-14/h4-8H,1-3H3. The van der Waals surface area contributed by atoms with Gasteiger partial charge in [0.05, 0.1) is 21.3 Å². The van der Waals surface area contributed by atoms with E-state index in [9.17, 15) is 4.79 Å². The van der Waals surface area contributed by atoms with Crippen molar-refractivity contribution in [1.82, 2.24) is 9.97 Å². The summed E-state index contributed by atoms with van der Waals surface area (Å²) in [5.41, 5.74) is 0.979. The minimum Gasteiger partial charge on any atom is -0.493 e. The van der Waals surface area contributed by atoms with Crippen molar-refractivity contribution in [2.24, 2.45) is 0 Å². The molecule has 0 fully saturated rings. The monoisotopic (exact) mass is 274 g/mol. The van der Waals surface area contributed by atoms with Gasteiger partial charge in [-0.3, -0.25) is 4.79 Å². The van der Waals surface area contributed by atoms with E-state index in [1.165, 1.54) is 33.6 Å². The number of hydrogen-bond donors (Lipinski definition) is 0. The Balaban J connectivity index is 2.59. The predicted octanol–water partition coefficient (Wildman–Crippen LogP) is 1.98. The molecule has 1 aromatic heterocycles. The number of hydrogen-bond acceptors (Lipinski definition) is 6. The van der Waals surface area contributed by atoms with Gasteiger partial charge in [0.15, 0.2) is 23.6 Å². The highest BCUT2D eigenvalue weighted by Gasteiger charge is 2.15. The van der Waals surface area contributed by atoms with E-state index in [4.69, 9.17) is 14.2 Å². The van der Waals surface area contributed by atoms with Gasteiger partial charge in [0.25, 0.3) is 0 Å². The second-order valence-electron chi connectivity index (χ2n) is 3.84. The van der Waals surface area contributed by atoms with Crippen molar-refractivity contribution in [3.8, 4) is 28.6 Å². The van der Waals surface area contributed by atoms with Gasteiger partial charge in [0, 0.05) is 11.8 Å². The lowest BCUT2D eigenvalue weighted by molar-refractivity contribution is 0.111. The van der Waals surface area contributed by atoms with E-state index in [1.807, 2.05) is 0 Å². The lowest BCUT2D eigenvalue weighted by atomic mass is 10.1. The zero-order chi connectivity index (χ0) is 14.5. The highest BCUT2D eigenvalue weighted by atomic mass is 16.5. The SMILES string of the molecule is COc1cc(-c2nccc(C=O)n2)cc(OC)c1OC. The molecule has 0 aliphatic carbocycles. The summed E-state index contributed by atoms with van der Waals surface area (Å²) < 4.78 is 15.8. The fraction of sp³-hybridized carbons (Fsp3) is 0.214. The van der Waals surface area contributed by atoms with Crippen LogP contribution in [0.5, 0.6) is 17.2 Å². The zero-order valence-corrected chi connectivity index (χ0v) is 11.4. The van der Waals surface area contributed by atoms with E-state index in [0.717, 1.165) is 0 Å². The molecule has 0 bridgehead atoms. The zero-order valence-electron chi connectivity index (χ0n) is 11.4. The Hall–Kier alpha value is -2.63. The summed E-state index contributed by atoms with van der Waals surface area (Å²) >= 11 is 0. The van der Waals surface area contributed by atoms with Crippen LogP contribution in [0.25, 0.3) is 11.4 Å². The number of carbonyl (C=O) groups excluding carboxylic acids is 1. The molecule has 1 heterocycles. The van der Waals surface area contributed by atoms with Gasteiger partial charge < -0.3 is 14.2 Å². The summed E-state index contributed by atoms with van der Waals surface area (Å²) in [6.07, 6.45) is 2.19. The van der Waals surface area contributed by atoms with E-state index >= 15 is 0 Å². The average molecular weight is 274 g/mol. The Labute approximate surface area is 116 Å². The van der Waals surface area contributed by atoms with Crippen molar-refractivity contribution < 1.29 is 19.0 Å². The largest absolute Gasteiger partial charge is 0.493 e. The van der Waals surface area contributed by atoms with Crippen LogP contribution in [-0.2, 0) is 0 Å². The number of rotatable bonds is 5. The number of aldehydes is 1. The molecule has 2 rings (SSSR count). The number of nitrogens with zero attached hydrogens (tertiary/aromatic N) is 2. The van der Waals surface area contributed by atoms with Crippen LogP contribution in [0.15, 0.2) is 24.4 Å². The van der Waals surface area contributed by atoms with Gasteiger partial charge in [0.2, 0.25) is 5.75 Å². The topological polar surface area (TPSA) is 70.5 Å². The Morgan fingerprint density at radius 1 is 1.05 bits per heavy atom. The maximum Gasteiger partial charge on any atom is 0.203 e. The quantitative estimate of drug-likeness (QED) is 0.776. The maximum atomic E-state index is 10.8. The molecule has 0 aliphatic heterocycles. The maximum absolute atomic E-state index is 10.8. The van der Waals surface area contributed by atoms with Crippen molar-refractivity contribution >= 4 is 6.29 Å². The molecule has 6 heteroatoms. The van der Waals surface area contributed by atoms with Crippen LogP contribution < -0.4 is 14.2 Å². The molecule has 0 aliphatic rings. The summed E-state index contributed by atoms with van der Waals surface area (Å²) in [6.45, 7) is 0. The minimum absolute atomic E-state index is 0.309.